The van der Waals surface area contributed by atoms with Gasteiger partial charge < -0.3 is 0 Å². The van der Waals surface area contributed by atoms with Crippen LogP contribution in [-0.4, -0.2) is 16.7 Å². The number of carbonyl (C=O) groups is 2. The lowest BCUT2D eigenvalue weighted by molar-refractivity contribution is -0.384. The van der Waals surface area contributed by atoms with Crippen LogP contribution in [-0.2, 0) is 6.16 Å². The molecule has 5 aromatic rings. The fourth-order valence-corrected chi connectivity index (χ4v) is 9.71. The molecule has 0 unspecified atom stereocenters. The number of rotatable bonds is 7. The van der Waals surface area contributed by atoms with E-state index in [-0.39, 0.29) is 5.69 Å². The summed E-state index contributed by atoms with van der Waals surface area (Å²) in [5.74, 6) is -0.863. The highest BCUT2D eigenvalue weighted by atomic mass is 31.2. The van der Waals surface area contributed by atoms with Crippen molar-refractivity contribution in [3.63, 3.8) is 0 Å². The van der Waals surface area contributed by atoms with Crippen LogP contribution < -0.4 is 20.8 Å². The number of carbonyl (C=O) groups excluding carboxylic acids is 2. The Morgan fingerprint density at radius 3 is 1.45 bits per heavy atom. The molecule has 0 saturated carbocycles. The number of hydrogen-bond acceptors (Lipinski definition) is 4. The second-order valence-electron chi connectivity index (χ2n) is 9.54. The van der Waals surface area contributed by atoms with E-state index < -0.39 is 24.0 Å². The Kier molecular flexibility index (Phi) is 6.54. The first-order valence-corrected chi connectivity index (χ1v) is 14.8. The van der Waals surface area contributed by atoms with E-state index in [2.05, 4.69) is 36.4 Å². The van der Waals surface area contributed by atoms with Gasteiger partial charge >= 0.3 is 0 Å². The lowest BCUT2D eigenvalue weighted by atomic mass is 10.1. The number of non-ortho nitro benzene ring substituents is 1. The molecule has 0 N–H and O–H groups in total. The molecule has 194 valence electrons. The zero-order valence-electron chi connectivity index (χ0n) is 21.4. The van der Waals surface area contributed by atoms with Crippen molar-refractivity contribution in [2.45, 2.75) is 6.16 Å². The van der Waals surface area contributed by atoms with Crippen LogP contribution in [0.25, 0.3) is 0 Å². The van der Waals surface area contributed by atoms with E-state index in [0.717, 1.165) is 15.9 Å². The molecule has 0 atom stereocenters. The molecule has 0 aromatic heterocycles. The van der Waals surface area contributed by atoms with E-state index in [1.54, 1.807) is 24.3 Å². The Labute approximate surface area is 232 Å². The number of anilines is 1. The molecule has 0 fully saturated rings. The van der Waals surface area contributed by atoms with E-state index in [0.29, 0.717) is 28.5 Å². The monoisotopic (exact) mass is 543 g/mol. The molecule has 40 heavy (non-hydrogen) atoms. The van der Waals surface area contributed by atoms with Gasteiger partial charge in [-0.2, -0.15) is 0 Å². The number of imide groups is 1. The number of benzene rings is 5. The highest BCUT2D eigenvalue weighted by Gasteiger charge is 2.47. The van der Waals surface area contributed by atoms with Gasteiger partial charge in [0, 0.05) is 17.7 Å². The molecule has 6 nitrogen and oxygen atoms in total. The normalized spacial score (nSPS) is 12.8. The van der Waals surface area contributed by atoms with Gasteiger partial charge in [0.25, 0.3) is 17.5 Å². The highest BCUT2D eigenvalue weighted by molar-refractivity contribution is 7.95. The molecule has 2 amide bonds. The SMILES string of the molecule is O=C1c2ccccc2C(=O)N1c1ccc([N+](=O)[O-])cc1C[P+](c1ccccc1)(c1ccccc1)c1ccccc1. The van der Waals surface area contributed by atoms with Crippen LogP contribution in [0, 0.1) is 10.1 Å². The van der Waals surface area contributed by atoms with Crippen molar-refractivity contribution in [2.24, 2.45) is 0 Å². The number of nitro groups is 1. The number of nitro benzene ring substituents is 1. The minimum Gasteiger partial charge on any atom is -0.268 e. The van der Waals surface area contributed by atoms with Gasteiger partial charge in [0.1, 0.15) is 29.3 Å². The van der Waals surface area contributed by atoms with Gasteiger partial charge in [-0.25, -0.2) is 4.90 Å². The van der Waals surface area contributed by atoms with Crippen LogP contribution in [0.4, 0.5) is 11.4 Å². The van der Waals surface area contributed by atoms with Crippen molar-refractivity contribution in [1.29, 1.82) is 0 Å². The minimum atomic E-state index is -2.48. The van der Waals surface area contributed by atoms with Gasteiger partial charge in [0.2, 0.25) is 0 Å². The predicted octanol–water partition coefficient (Wildman–Crippen LogP) is 5.89. The van der Waals surface area contributed by atoms with Gasteiger partial charge in [-0.15, -0.1) is 0 Å². The number of hydrogen-bond donors (Lipinski definition) is 0. The molecule has 0 aliphatic carbocycles. The summed E-state index contributed by atoms with van der Waals surface area (Å²) in [4.78, 5) is 39.7. The molecule has 7 heteroatoms. The first-order valence-electron chi connectivity index (χ1n) is 12.8. The maximum atomic E-state index is 13.5. The molecule has 5 aromatic carbocycles. The van der Waals surface area contributed by atoms with E-state index in [9.17, 15) is 19.7 Å². The summed E-state index contributed by atoms with van der Waals surface area (Å²) in [5.41, 5.74) is 1.49. The summed E-state index contributed by atoms with van der Waals surface area (Å²) in [6.45, 7) is 0. The molecule has 1 heterocycles. The average Bonchev–Trinajstić information content (AvgIpc) is 3.26. The molecule has 0 radical (unpaired) electrons. The van der Waals surface area contributed by atoms with Gasteiger partial charge in [0.05, 0.1) is 21.7 Å². The third-order valence-electron chi connectivity index (χ3n) is 7.31. The zero-order valence-corrected chi connectivity index (χ0v) is 22.3. The molecule has 1 aliphatic rings. The van der Waals surface area contributed by atoms with E-state index in [4.69, 9.17) is 0 Å². The van der Waals surface area contributed by atoms with Crippen molar-refractivity contribution < 1.29 is 14.5 Å². The summed E-state index contributed by atoms with van der Waals surface area (Å²) in [7, 11) is -2.48. The summed E-state index contributed by atoms with van der Waals surface area (Å²) in [6, 6.07) is 41.5. The Balaban J connectivity index is 1.62. The maximum Gasteiger partial charge on any atom is 0.269 e. The topological polar surface area (TPSA) is 80.5 Å². The third-order valence-corrected chi connectivity index (χ3v) is 11.7. The Morgan fingerprint density at radius 1 is 0.600 bits per heavy atom. The van der Waals surface area contributed by atoms with Crippen molar-refractivity contribution in [3.8, 4) is 0 Å². The molecule has 0 spiro atoms. The van der Waals surface area contributed by atoms with Crippen LogP contribution in [0.15, 0.2) is 133 Å². The molecule has 1 aliphatic heterocycles. The molecular formula is C33H24N2O4P+. The first kappa shape index (κ1) is 25.4. The van der Waals surface area contributed by atoms with E-state index >= 15 is 0 Å². The maximum absolute atomic E-state index is 13.5. The standard InChI is InChI=1S/C33H24N2O4P/c36-32-29-18-10-11-19-30(29)33(37)34(32)31-21-20-25(35(38)39)22-24(31)23-40(26-12-4-1-5-13-26,27-14-6-2-7-15-27)28-16-8-3-9-17-28/h1-22H,23H2/q+1. The quantitative estimate of drug-likeness (QED) is 0.111. The van der Waals surface area contributed by atoms with Gasteiger partial charge in [0.15, 0.2) is 0 Å². The molecule has 0 saturated heterocycles. The predicted molar refractivity (Wildman–Crippen MR) is 160 cm³/mol. The Bertz CT molecular complexity index is 1610. The number of nitrogens with zero attached hydrogens (tertiary/aromatic N) is 2. The Hall–Kier alpha value is -4.93. The number of fused-ring (bicyclic) bond motifs is 1. The first-order chi connectivity index (χ1) is 19.5. The summed E-state index contributed by atoms with van der Waals surface area (Å²) >= 11 is 0. The highest BCUT2D eigenvalue weighted by Crippen LogP contribution is 2.59. The second-order valence-corrected chi connectivity index (χ2v) is 13.0. The average molecular weight is 544 g/mol. The van der Waals surface area contributed by atoms with Crippen molar-refractivity contribution >= 4 is 46.4 Å². The smallest absolute Gasteiger partial charge is 0.268 e. The third kappa shape index (κ3) is 4.19. The summed E-state index contributed by atoms with van der Waals surface area (Å²) in [6.07, 6.45) is 0.370. The van der Waals surface area contributed by atoms with Crippen molar-refractivity contribution in [2.75, 3.05) is 4.90 Å². The largest absolute Gasteiger partial charge is 0.269 e. The fourth-order valence-electron chi connectivity index (χ4n) is 5.46. The van der Waals surface area contributed by atoms with Crippen LogP contribution >= 0.6 is 7.26 Å². The molecule has 6 rings (SSSR count). The van der Waals surface area contributed by atoms with Gasteiger partial charge in [-0.1, -0.05) is 66.7 Å². The van der Waals surface area contributed by atoms with Crippen LogP contribution in [0.2, 0.25) is 0 Å². The van der Waals surface area contributed by atoms with Crippen LogP contribution in [0.1, 0.15) is 26.3 Å². The summed E-state index contributed by atoms with van der Waals surface area (Å²) in [5, 5.41) is 15.2. The van der Waals surface area contributed by atoms with Crippen LogP contribution in [0.3, 0.4) is 0 Å². The van der Waals surface area contributed by atoms with Gasteiger partial charge in [-0.3, -0.25) is 19.7 Å². The molecular weight excluding hydrogens is 519 g/mol. The lowest BCUT2D eigenvalue weighted by Gasteiger charge is -2.29. The summed E-state index contributed by atoms with van der Waals surface area (Å²) < 4.78 is 0. The number of amides is 2. The van der Waals surface area contributed by atoms with E-state index in [1.165, 1.54) is 23.1 Å². The lowest BCUT2D eigenvalue weighted by Crippen LogP contribution is -2.34. The second kappa shape index (κ2) is 10.3. The van der Waals surface area contributed by atoms with Gasteiger partial charge in [-0.05, 0) is 54.6 Å². The van der Waals surface area contributed by atoms with Crippen molar-refractivity contribution in [1.82, 2.24) is 0 Å². The minimum absolute atomic E-state index is 0.0948. The van der Waals surface area contributed by atoms with Crippen molar-refractivity contribution in [3.05, 3.63) is 160 Å². The Morgan fingerprint density at radius 2 is 1.02 bits per heavy atom. The van der Waals surface area contributed by atoms with E-state index in [1.807, 2.05) is 54.6 Å². The molecule has 0 bridgehead atoms. The zero-order chi connectivity index (χ0) is 27.7. The van der Waals surface area contributed by atoms with Crippen LogP contribution in [0.5, 0.6) is 0 Å². The fraction of sp³-hybridized carbons (Fsp3) is 0.0303.